The zero-order chi connectivity index (χ0) is 22.4. The largest absolute Gasteiger partial charge is 0.346 e. The van der Waals surface area contributed by atoms with Crippen molar-refractivity contribution in [2.75, 3.05) is 0 Å². The number of aromatic amines is 1. The molecule has 8 heteroatoms. The number of pyridine rings is 1. The van der Waals surface area contributed by atoms with Crippen LogP contribution in [0.25, 0.3) is 33.4 Å². The van der Waals surface area contributed by atoms with Crippen LogP contribution in [0, 0.1) is 5.82 Å². The Morgan fingerprint density at radius 2 is 2.19 bits per heavy atom. The number of hydrogen-bond acceptors (Lipinski definition) is 3. The molecule has 0 saturated carbocycles. The van der Waals surface area contributed by atoms with Crippen LogP contribution < -0.4 is 0 Å². The van der Waals surface area contributed by atoms with Crippen LogP contribution in [0.2, 0.25) is 5.02 Å². The smallest absolute Gasteiger partial charge is 0.246 e. The Morgan fingerprint density at radius 3 is 2.94 bits per heavy atom. The highest BCUT2D eigenvalue weighted by atomic mass is 35.5. The van der Waals surface area contributed by atoms with E-state index in [1.807, 2.05) is 34.8 Å². The SMILES string of the molecule is C=CC(=O)N1Cc2c(-c3ccnc4[nH]ccc34)c(-c3ccc(Cl)cc3F)nn2CC1CC. The number of carbonyl (C=O) groups excluding carboxylic acids is 1. The maximum Gasteiger partial charge on any atom is 0.246 e. The summed E-state index contributed by atoms with van der Waals surface area (Å²) >= 11 is 6.00. The predicted octanol–water partition coefficient (Wildman–Crippen LogP) is 5.19. The lowest BCUT2D eigenvalue weighted by molar-refractivity contribution is -0.130. The third-order valence-electron chi connectivity index (χ3n) is 6.05. The number of amides is 1. The maximum atomic E-state index is 15.0. The monoisotopic (exact) mass is 449 g/mol. The molecule has 1 amide bonds. The summed E-state index contributed by atoms with van der Waals surface area (Å²) < 4.78 is 16.9. The van der Waals surface area contributed by atoms with E-state index in [0.29, 0.717) is 29.4 Å². The van der Waals surface area contributed by atoms with E-state index in [-0.39, 0.29) is 11.9 Å². The number of fused-ring (bicyclic) bond motifs is 2. The highest BCUT2D eigenvalue weighted by molar-refractivity contribution is 6.30. The summed E-state index contributed by atoms with van der Waals surface area (Å²) in [4.78, 5) is 21.9. The molecule has 1 atom stereocenters. The van der Waals surface area contributed by atoms with Gasteiger partial charge in [0.25, 0.3) is 0 Å². The number of hydrogen-bond donors (Lipinski definition) is 1. The van der Waals surface area contributed by atoms with Crippen LogP contribution in [0.15, 0.2) is 55.4 Å². The van der Waals surface area contributed by atoms with Gasteiger partial charge in [-0.1, -0.05) is 25.1 Å². The fraction of sp³-hybridized carbons (Fsp3) is 0.208. The molecule has 0 saturated heterocycles. The van der Waals surface area contributed by atoms with E-state index in [1.165, 1.54) is 12.1 Å². The van der Waals surface area contributed by atoms with Crippen LogP contribution in [0.1, 0.15) is 19.0 Å². The topological polar surface area (TPSA) is 66.8 Å². The van der Waals surface area contributed by atoms with Gasteiger partial charge in [0, 0.05) is 33.9 Å². The normalized spacial score (nSPS) is 15.7. The van der Waals surface area contributed by atoms with Gasteiger partial charge in [0.1, 0.15) is 17.2 Å². The summed E-state index contributed by atoms with van der Waals surface area (Å²) in [5, 5.41) is 6.06. The van der Waals surface area contributed by atoms with E-state index in [0.717, 1.165) is 34.3 Å². The number of benzene rings is 1. The molecule has 4 aromatic rings. The number of aromatic nitrogens is 4. The molecule has 0 bridgehead atoms. The molecule has 32 heavy (non-hydrogen) atoms. The molecule has 162 valence electrons. The molecule has 1 aliphatic rings. The van der Waals surface area contributed by atoms with E-state index in [1.54, 1.807) is 18.3 Å². The molecule has 3 aromatic heterocycles. The zero-order valence-electron chi connectivity index (χ0n) is 17.5. The molecular weight excluding hydrogens is 429 g/mol. The maximum absolute atomic E-state index is 15.0. The Bertz CT molecular complexity index is 1360. The highest BCUT2D eigenvalue weighted by Crippen LogP contribution is 2.41. The fourth-order valence-corrected chi connectivity index (χ4v) is 4.61. The Morgan fingerprint density at radius 1 is 1.34 bits per heavy atom. The summed E-state index contributed by atoms with van der Waals surface area (Å²) in [6.07, 6.45) is 5.64. The van der Waals surface area contributed by atoms with E-state index in [9.17, 15) is 4.79 Å². The Kier molecular flexibility index (Phi) is 5.06. The van der Waals surface area contributed by atoms with Gasteiger partial charge in [0.15, 0.2) is 0 Å². The first-order valence-electron chi connectivity index (χ1n) is 10.4. The van der Waals surface area contributed by atoms with Crippen LogP contribution in [0.4, 0.5) is 4.39 Å². The molecule has 0 radical (unpaired) electrons. The van der Waals surface area contributed by atoms with E-state index in [2.05, 4.69) is 16.5 Å². The standard InChI is InChI=1S/C24H21ClFN5O/c1-3-15-12-31-20(13-30(15)21(32)4-2)22(16-7-9-27-24-17(16)8-10-28-24)23(29-31)18-6-5-14(25)11-19(18)26/h4-11,15H,2-3,12-13H2,1H3,(H,27,28). The summed E-state index contributed by atoms with van der Waals surface area (Å²) in [7, 11) is 0. The lowest BCUT2D eigenvalue weighted by Gasteiger charge is -2.35. The zero-order valence-corrected chi connectivity index (χ0v) is 18.2. The second-order valence-electron chi connectivity index (χ2n) is 7.81. The molecule has 0 aliphatic carbocycles. The first-order chi connectivity index (χ1) is 15.5. The number of halogens is 2. The van der Waals surface area contributed by atoms with Gasteiger partial charge in [-0.25, -0.2) is 9.37 Å². The average molecular weight is 450 g/mol. The quantitative estimate of drug-likeness (QED) is 0.436. The molecule has 0 fully saturated rings. The lowest BCUT2D eigenvalue weighted by Crippen LogP contribution is -2.45. The molecule has 4 heterocycles. The number of carbonyl (C=O) groups is 1. The van der Waals surface area contributed by atoms with Crippen molar-refractivity contribution in [2.45, 2.75) is 32.5 Å². The summed E-state index contributed by atoms with van der Waals surface area (Å²) in [6.45, 7) is 6.58. The number of nitrogens with one attached hydrogen (secondary N) is 1. The fourth-order valence-electron chi connectivity index (χ4n) is 4.45. The molecule has 6 nitrogen and oxygen atoms in total. The van der Waals surface area contributed by atoms with Gasteiger partial charge in [-0.2, -0.15) is 5.10 Å². The molecule has 1 unspecified atom stereocenters. The summed E-state index contributed by atoms with van der Waals surface area (Å²) in [5.74, 6) is -0.573. The van der Waals surface area contributed by atoms with Crippen LogP contribution >= 0.6 is 11.6 Å². The number of rotatable bonds is 4. The van der Waals surface area contributed by atoms with E-state index in [4.69, 9.17) is 16.7 Å². The van der Waals surface area contributed by atoms with Crippen molar-refractivity contribution in [3.63, 3.8) is 0 Å². The second kappa shape index (κ2) is 7.91. The lowest BCUT2D eigenvalue weighted by atomic mass is 9.96. The third-order valence-corrected chi connectivity index (χ3v) is 6.28. The van der Waals surface area contributed by atoms with Gasteiger partial charge < -0.3 is 9.88 Å². The Balaban J connectivity index is 1.79. The molecule has 1 N–H and O–H groups in total. The Labute approximate surface area is 189 Å². The van der Waals surface area contributed by atoms with Gasteiger partial charge in [-0.05, 0) is 48.4 Å². The van der Waals surface area contributed by atoms with Crippen molar-refractivity contribution in [1.82, 2.24) is 24.6 Å². The third kappa shape index (κ3) is 3.20. The van der Waals surface area contributed by atoms with Gasteiger partial charge in [-0.3, -0.25) is 9.48 Å². The highest BCUT2D eigenvalue weighted by Gasteiger charge is 2.33. The molecule has 1 aliphatic heterocycles. The first-order valence-corrected chi connectivity index (χ1v) is 10.8. The van der Waals surface area contributed by atoms with Crippen molar-refractivity contribution < 1.29 is 9.18 Å². The van der Waals surface area contributed by atoms with Gasteiger partial charge in [0.05, 0.1) is 24.8 Å². The molecular formula is C24H21ClFN5O. The van der Waals surface area contributed by atoms with Crippen LogP contribution in [0.3, 0.4) is 0 Å². The van der Waals surface area contributed by atoms with Crippen molar-refractivity contribution in [3.8, 4) is 22.4 Å². The molecule has 1 aromatic carbocycles. The predicted molar refractivity (Wildman–Crippen MR) is 123 cm³/mol. The average Bonchev–Trinajstić information content (AvgIpc) is 3.41. The summed E-state index contributed by atoms with van der Waals surface area (Å²) in [6, 6.07) is 8.41. The van der Waals surface area contributed by atoms with E-state index < -0.39 is 5.82 Å². The van der Waals surface area contributed by atoms with Gasteiger partial charge >= 0.3 is 0 Å². The van der Waals surface area contributed by atoms with Crippen LogP contribution in [0.5, 0.6) is 0 Å². The number of H-pyrrole nitrogens is 1. The Hall–Kier alpha value is -3.45. The minimum Gasteiger partial charge on any atom is -0.346 e. The minimum absolute atomic E-state index is 0.0200. The minimum atomic E-state index is -0.445. The van der Waals surface area contributed by atoms with Crippen molar-refractivity contribution in [1.29, 1.82) is 0 Å². The molecule has 0 spiro atoms. The molecule has 5 rings (SSSR count). The van der Waals surface area contributed by atoms with E-state index >= 15 is 4.39 Å². The van der Waals surface area contributed by atoms with Crippen molar-refractivity contribution in [3.05, 3.63) is 71.9 Å². The number of nitrogens with zero attached hydrogens (tertiary/aromatic N) is 4. The van der Waals surface area contributed by atoms with Crippen LogP contribution in [-0.2, 0) is 17.9 Å². The van der Waals surface area contributed by atoms with Gasteiger partial charge in [-0.15, -0.1) is 0 Å². The second-order valence-corrected chi connectivity index (χ2v) is 8.24. The van der Waals surface area contributed by atoms with Crippen molar-refractivity contribution >= 4 is 28.5 Å². The van der Waals surface area contributed by atoms with Crippen LogP contribution in [-0.4, -0.2) is 36.6 Å². The van der Waals surface area contributed by atoms with Crippen molar-refractivity contribution in [2.24, 2.45) is 0 Å². The first kappa shape index (κ1) is 20.5. The van der Waals surface area contributed by atoms with Gasteiger partial charge in [0.2, 0.25) is 5.91 Å². The summed E-state index contributed by atoms with van der Waals surface area (Å²) in [5.41, 5.74) is 4.12.